The van der Waals surface area contributed by atoms with Crippen molar-refractivity contribution in [3.63, 3.8) is 0 Å². The molecule has 2 bridgehead atoms. The van der Waals surface area contributed by atoms with E-state index in [1.807, 2.05) is 31.9 Å². The van der Waals surface area contributed by atoms with Crippen LogP contribution in [0.4, 0.5) is 4.79 Å². The Morgan fingerprint density at radius 1 is 1.18 bits per heavy atom. The molecule has 3 atom stereocenters. The molecule has 0 radical (unpaired) electrons. The Hall–Kier alpha value is -2.38. The molecule has 170 valence electrons. The minimum Gasteiger partial charge on any atom is -0.444 e. The average molecular weight is 524 g/mol. The standard InChI is InChI=1S/C26H26BrN3O2S/c1-26(2,3)32-25(31)30-18-8-6-15(11-18)22(30)24-28-13-20(29-24)21-12-16-5-4-14-10-17(27)7-9-19(14)23(16)33-21/h4-5,7,9-10,12-13,15,18,22H,6,8,11H2,1-3H3,(H,28,29)/t15-,18+,22-/m0/s1. The second kappa shape index (κ2) is 7.57. The van der Waals surface area contributed by atoms with Crippen LogP contribution < -0.4 is 0 Å². The summed E-state index contributed by atoms with van der Waals surface area (Å²) in [5.74, 6) is 1.31. The molecule has 1 amide bonds. The Morgan fingerprint density at radius 2 is 2.00 bits per heavy atom. The third-order valence-electron chi connectivity index (χ3n) is 6.79. The number of hydrogen-bond donors (Lipinski definition) is 1. The molecule has 33 heavy (non-hydrogen) atoms. The number of halogens is 1. The molecule has 4 aromatic rings. The van der Waals surface area contributed by atoms with Gasteiger partial charge in [0.1, 0.15) is 11.4 Å². The van der Waals surface area contributed by atoms with Crippen molar-refractivity contribution in [2.45, 2.75) is 57.7 Å². The van der Waals surface area contributed by atoms with Gasteiger partial charge in [0.15, 0.2) is 0 Å². The Bertz CT molecular complexity index is 1390. The molecular formula is C26H26BrN3O2S. The number of nitrogens with one attached hydrogen (secondary N) is 1. The molecule has 3 heterocycles. The average Bonchev–Trinajstić information content (AvgIpc) is 3.53. The maximum absolute atomic E-state index is 13.0. The summed E-state index contributed by atoms with van der Waals surface area (Å²) in [5, 5.41) is 3.72. The van der Waals surface area contributed by atoms with Gasteiger partial charge in [-0.1, -0.05) is 34.1 Å². The number of rotatable bonds is 2. The first-order chi connectivity index (χ1) is 15.8. The van der Waals surface area contributed by atoms with Crippen LogP contribution >= 0.6 is 27.3 Å². The lowest BCUT2D eigenvalue weighted by molar-refractivity contribution is 0.00620. The number of likely N-dealkylation sites (tertiary alicyclic amines) is 1. The third kappa shape index (κ3) is 3.66. The molecule has 1 saturated heterocycles. The molecule has 1 N–H and O–H groups in total. The maximum Gasteiger partial charge on any atom is 0.411 e. The molecule has 2 aliphatic rings. The molecule has 1 aliphatic heterocycles. The molecular weight excluding hydrogens is 498 g/mol. The highest BCUT2D eigenvalue weighted by molar-refractivity contribution is 9.10. The summed E-state index contributed by atoms with van der Waals surface area (Å²) in [6, 6.07) is 13.2. The van der Waals surface area contributed by atoms with Crippen LogP contribution in [0.5, 0.6) is 0 Å². The van der Waals surface area contributed by atoms with Crippen LogP contribution in [0.2, 0.25) is 0 Å². The topological polar surface area (TPSA) is 58.2 Å². The summed E-state index contributed by atoms with van der Waals surface area (Å²) >= 11 is 5.35. The van der Waals surface area contributed by atoms with Gasteiger partial charge in [0.25, 0.3) is 0 Å². The number of fused-ring (bicyclic) bond motifs is 5. The minimum atomic E-state index is -0.507. The van der Waals surface area contributed by atoms with E-state index in [0.29, 0.717) is 5.92 Å². The summed E-state index contributed by atoms with van der Waals surface area (Å²) in [5.41, 5.74) is 0.496. The summed E-state index contributed by atoms with van der Waals surface area (Å²) < 4.78 is 8.12. The van der Waals surface area contributed by atoms with E-state index >= 15 is 0 Å². The molecule has 1 aliphatic carbocycles. The largest absolute Gasteiger partial charge is 0.444 e. The third-order valence-corrected chi connectivity index (χ3v) is 8.50. The fraction of sp³-hybridized carbons (Fsp3) is 0.385. The zero-order chi connectivity index (χ0) is 22.9. The van der Waals surface area contributed by atoms with Crippen LogP contribution in [0.25, 0.3) is 31.4 Å². The zero-order valence-corrected chi connectivity index (χ0v) is 21.3. The van der Waals surface area contributed by atoms with E-state index in [0.717, 1.165) is 40.1 Å². The normalized spacial score (nSPS) is 22.5. The van der Waals surface area contributed by atoms with Gasteiger partial charge in [0.05, 0.1) is 22.8 Å². The van der Waals surface area contributed by atoms with Gasteiger partial charge in [-0.2, -0.15) is 0 Å². The van der Waals surface area contributed by atoms with E-state index in [1.54, 1.807) is 11.3 Å². The van der Waals surface area contributed by atoms with Crippen LogP contribution in [0, 0.1) is 5.92 Å². The first kappa shape index (κ1) is 21.2. The first-order valence-electron chi connectivity index (χ1n) is 11.5. The van der Waals surface area contributed by atoms with Crippen LogP contribution in [-0.2, 0) is 4.74 Å². The number of benzene rings is 2. The van der Waals surface area contributed by atoms with Crippen LogP contribution in [-0.4, -0.2) is 32.6 Å². The Morgan fingerprint density at radius 3 is 2.82 bits per heavy atom. The lowest BCUT2D eigenvalue weighted by Crippen LogP contribution is -2.43. The van der Waals surface area contributed by atoms with Crippen molar-refractivity contribution < 1.29 is 9.53 Å². The van der Waals surface area contributed by atoms with Gasteiger partial charge in [0, 0.05) is 15.2 Å². The van der Waals surface area contributed by atoms with E-state index in [1.165, 1.54) is 20.9 Å². The number of ether oxygens (including phenoxy) is 1. The number of H-pyrrole nitrogens is 1. The van der Waals surface area contributed by atoms with Gasteiger partial charge in [-0.15, -0.1) is 11.3 Å². The predicted molar refractivity (Wildman–Crippen MR) is 137 cm³/mol. The number of aromatic nitrogens is 2. The van der Waals surface area contributed by atoms with E-state index in [2.05, 4.69) is 57.3 Å². The Kier molecular flexibility index (Phi) is 4.86. The van der Waals surface area contributed by atoms with E-state index in [9.17, 15) is 4.79 Å². The maximum atomic E-state index is 13.0. The fourth-order valence-electron chi connectivity index (χ4n) is 5.46. The first-order valence-corrected chi connectivity index (χ1v) is 13.1. The summed E-state index contributed by atoms with van der Waals surface area (Å²) in [6.45, 7) is 5.76. The zero-order valence-electron chi connectivity index (χ0n) is 18.9. The Labute approximate surface area is 205 Å². The van der Waals surface area contributed by atoms with Gasteiger partial charge in [-0.3, -0.25) is 4.90 Å². The number of carbonyl (C=O) groups excluding carboxylic acids is 1. The molecule has 2 fully saturated rings. The van der Waals surface area contributed by atoms with Gasteiger partial charge < -0.3 is 9.72 Å². The molecule has 1 saturated carbocycles. The predicted octanol–water partition coefficient (Wildman–Crippen LogP) is 7.67. The van der Waals surface area contributed by atoms with Gasteiger partial charge in [-0.25, -0.2) is 9.78 Å². The molecule has 0 spiro atoms. The van der Waals surface area contributed by atoms with Crippen molar-refractivity contribution in [2.75, 3.05) is 0 Å². The Balaban J connectivity index is 1.35. The molecule has 0 unspecified atom stereocenters. The van der Waals surface area contributed by atoms with Crippen LogP contribution in [0.1, 0.15) is 51.9 Å². The summed E-state index contributed by atoms with van der Waals surface area (Å²) in [4.78, 5) is 24.5. The van der Waals surface area contributed by atoms with Crippen molar-refractivity contribution in [2.24, 2.45) is 5.92 Å². The number of aromatic amines is 1. The van der Waals surface area contributed by atoms with Crippen molar-refractivity contribution in [1.82, 2.24) is 14.9 Å². The van der Waals surface area contributed by atoms with E-state index in [-0.39, 0.29) is 18.2 Å². The SMILES string of the molecule is CC(C)(C)OC(=O)N1[C@@H]2CC[C@@H](C2)[C@H]1c1ncc(-c2cc3ccc4cc(Br)ccc4c3s2)[nH]1. The smallest absolute Gasteiger partial charge is 0.411 e. The van der Waals surface area contributed by atoms with Crippen molar-refractivity contribution >= 4 is 54.2 Å². The van der Waals surface area contributed by atoms with Crippen molar-refractivity contribution in [1.29, 1.82) is 0 Å². The number of amides is 1. The van der Waals surface area contributed by atoms with Gasteiger partial charge in [0.2, 0.25) is 0 Å². The number of imidazole rings is 1. The van der Waals surface area contributed by atoms with Crippen molar-refractivity contribution in [3.8, 4) is 10.6 Å². The van der Waals surface area contributed by atoms with Gasteiger partial charge >= 0.3 is 6.09 Å². The van der Waals surface area contributed by atoms with Gasteiger partial charge in [-0.05, 0) is 80.3 Å². The monoisotopic (exact) mass is 523 g/mol. The highest BCUT2D eigenvalue weighted by Crippen LogP contribution is 2.50. The van der Waals surface area contributed by atoms with Crippen molar-refractivity contribution in [3.05, 3.63) is 52.9 Å². The second-order valence-corrected chi connectivity index (χ2v) is 12.2. The van der Waals surface area contributed by atoms with Crippen LogP contribution in [0.3, 0.4) is 0 Å². The highest BCUT2D eigenvalue weighted by Gasteiger charge is 2.51. The van der Waals surface area contributed by atoms with E-state index < -0.39 is 5.60 Å². The number of nitrogens with zero attached hydrogens (tertiary/aromatic N) is 2. The molecule has 6 rings (SSSR count). The molecule has 5 nitrogen and oxygen atoms in total. The van der Waals surface area contributed by atoms with E-state index in [4.69, 9.17) is 9.72 Å². The summed E-state index contributed by atoms with van der Waals surface area (Å²) in [7, 11) is 0. The highest BCUT2D eigenvalue weighted by atomic mass is 79.9. The number of piperidine rings is 1. The number of carbonyl (C=O) groups is 1. The molecule has 7 heteroatoms. The minimum absolute atomic E-state index is 0.0418. The quantitative estimate of drug-likeness (QED) is 0.293. The molecule has 2 aromatic carbocycles. The fourth-order valence-corrected chi connectivity index (χ4v) is 7.00. The lowest BCUT2D eigenvalue weighted by Gasteiger charge is -2.35. The lowest BCUT2D eigenvalue weighted by atomic mass is 9.98. The van der Waals surface area contributed by atoms with Crippen LogP contribution in [0.15, 0.2) is 47.1 Å². The molecule has 2 aromatic heterocycles. The second-order valence-electron chi connectivity index (χ2n) is 10.2. The summed E-state index contributed by atoms with van der Waals surface area (Å²) in [6.07, 6.45) is 4.91. The number of thiophene rings is 1. The number of hydrogen-bond acceptors (Lipinski definition) is 4.